The van der Waals surface area contributed by atoms with Crippen molar-refractivity contribution in [3.8, 4) is 0 Å². The molecule has 1 aliphatic heterocycles. The molecule has 0 atom stereocenters. The van der Waals surface area contributed by atoms with Gasteiger partial charge < -0.3 is 19.9 Å². The summed E-state index contributed by atoms with van der Waals surface area (Å²) in [6, 6.07) is 0. The Morgan fingerprint density at radius 1 is 1.53 bits per heavy atom. The Bertz CT molecular complexity index is 401. The molecule has 7 heteroatoms. The zero-order valence-electron chi connectivity index (χ0n) is 11.1. The van der Waals surface area contributed by atoms with Crippen molar-refractivity contribution in [2.24, 2.45) is 0 Å². The van der Waals surface area contributed by atoms with E-state index in [1.807, 2.05) is 0 Å². The first-order valence-corrected chi connectivity index (χ1v) is 6.62. The maximum Gasteiger partial charge on any atom is 0.246 e. The smallest absolute Gasteiger partial charge is 0.246 e. The van der Waals surface area contributed by atoms with Gasteiger partial charge in [-0.1, -0.05) is 5.16 Å². The molecule has 1 aromatic heterocycles. The van der Waals surface area contributed by atoms with Gasteiger partial charge in [0.15, 0.2) is 5.82 Å². The van der Waals surface area contributed by atoms with Crippen LogP contribution in [-0.2, 0) is 16.0 Å². The summed E-state index contributed by atoms with van der Waals surface area (Å²) in [5.74, 6) is 1.04. The quantitative estimate of drug-likeness (QED) is 0.743. The van der Waals surface area contributed by atoms with Gasteiger partial charge in [-0.3, -0.25) is 4.79 Å². The Morgan fingerprint density at radius 3 is 3.00 bits per heavy atom. The monoisotopic (exact) mass is 268 g/mol. The number of hydrogen-bond donors (Lipinski definition) is 2. The van der Waals surface area contributed by atoms with Crippen LogP contribution in [-0.4, -0.2) is 48.4 Å². The molecule has 2 rings (SSSR count). The van der Waals surface area contributed by atoms with Gasteiger partial charge in [-0.25, -0.2) is 0 Å². The SMILES string of the molecule is Cc1noc(CCNC(=O)COC2CCNCC2)n1. The van der Waals surface area contributed by atoms with Crippen molar-refractivity contribution in [1.29, 1.82) is 0 Å². The van der Waals surface area contributed by atoms with Crippen LogP contribution in [0.1, 0.15) is 24.6 Å². The van der Waals surface area contributed by atoms with Crippen LogP contribution in [0.2, 0.25) is 0 Å². The van der Waals surface area contributed by atoms with E-state index in [2.05, 4.69) is 20.8 Å². The molecule has 2 heterocycles. The minimum absolute atomic E-state index is 0.102. The molecule has 0 radical (unpaired) electrons. The summed E-state index contributed by atoms with van der Waals surface area (Å²) in [7, 11) is 0. The van der Waals surface area contributed by atoms with Crippen molar-refractivity contribution in [3.05, 3.63) is 11.7 Å². The van der Waals surface area contributed by atoms with Crippen LogP contribution in [0.15, 0.2) is 4.52 Å². The summed E-state index contributed by atoms with van der Waals surface area (Å²) in [6.07, 6.45) is 2.67. The first-order valence-electron chi connectivity index (χ1n) is 6.62. The standard InChI is InChI=1S/C12H20N4O3/c1-9-15-12(19-16-9)4-7-14-11(17)8-18-10-2-5-13-6-3-10/h10,13H,2-8H2,1H3,(H,14,17). The fourth-order valence-corrected chi connectivity index (χ4v) is 1.96. The molecular weight excluding hydrogens is 248 g/mol. The summed E-state index contributed by atoms with van der Waals surface area (Å²) in [5, 5.41) is 9.71. The van der Waals surface area contributed by atoms with Gasteiger partial charge in [0, 0.05) is 13.0 Å². The summed E-state index contributed by atoms with van der Waals surface area (Å²) in [6.45, 7) is 4.29. The highest BCUT2D eigenvalue weighted by molar-refractivity contribution is 5.77. The van der Waals surface area contributed by atoms with E-state index in [-0.39, 0.29) is 18.6 Å². The average Bonchev–Trinajstić information content (AvgIpc) is 2.83. The zero-order valence-corrected chi connectivity index (χ0v) is 11.1. The van der Waals surface area contributed by atoms with E-state index in [4.69, 9.17) is 9.26 Å². The number of ether oxygens (including phenoxy) is 1. The molecule has 1 aliphatic rings. The number of aromatic nitrogens is 2. The van der Waals surface area contributed by atoms with E-state index >= 15 is 0 Å². The van der Waals surface area contributed by atoms with E-state index in [9.17, 15) is 4.79 Å². The number of hydrogen-bond acceptors (Lipinski definition) is 6. The number of nitrogens with zero attached hydrogens (tertiary/aromatic N) is 2. The predicted octanol–water partition coefficient (Wildman–Crippen LogP) is -0.195. The number of piperidine rings is 1. The number of amides is 1. The minimum Gasteiger partial charge on any atom is -0.368 e. The van der Waals surface area contributed by atoms with Crippen LogP contribution in [0.3, 0.4) is 0 Å². The second-order valence-electron chi connectivity index (χ2n) is 4.60. The van der Waals surface area contributed by atoms with E-state index in [0.29, 0.717) is 24.7 Å². The largest absolute Gasteiger partial charge is 0.368 e. The molecule has 106 valence electrons. The Hall–Kier alpha value is -1.47. The maximum atomic E-state index is 11.6. The van der Waals surface area contributed by atoms with Gasteiger partial charge in [0.05, 0.1) is 6.10 Å². The first kappa shape index (κ1) is 14.0. The molecular formula is C12H20N4O3. The third kappa shape index (κ3) is 4.96. The molecule has 2 N–H and O–H groups in total. The molecule has 1 aromatic rings. The Morgan fingerprint density at radius 2 is 2.32 bits per heavy atom. The molecule has 0 aromatic carbocycles. The van der Waals surface area contributed by atoms with Gasteiger partial charge in [0.2, 0.25) is 11.8 Å². The van der Waals surface area contributed by atoms with Crippen LogP contribution in [0, 0.1) is 6.92 Å². The number of carbonyl (C=O) groups excluding carboxylic acids is 1. The molecule has 0 saturated carbocycles. The number of nitrogens with one attached hydrogen (secondary N) is 2. The van der Waals surface area contributed by atoms with Crippen molar-refractivity contribution in [3.63, 3.8) is 0 Å². The topological polar surface area (TPSA) is 89.3 Å². The molecule has 1 saturated heterocycles. The van der Waals surface area contributed by atoms with Crippen molar-refractivity contribution >= 4 is 5.91 Å². The normalized spacial score (nSPS) is 16.5. The van der Waals surface area contributed by atoms with E-state index < -0.39 is 0 Å². The lowest BCUT2D eigenvalue weighted by molar-refractivity contribution is -0.128. The van der Waals surface area contributed by atoms with Crippen LogP contribution in [0.25, 0.3) is 0 Å². The molecule has 0 bridgehead atoms. The Labute approximate surface area is 112 Å². The third-order valence-corrected chi connectivity index (χ3v) is 2.97. The average molecular weight is 268 g/mol. The fourth-order valence-electron chi connectivity index (χ4n) is 1.96. The van der Waals surface area contributed by atoms with Gasteiger partial charge in [0.1, 0.15) is 6.61 Å². The van der Waals surface area contributed by atoms with Gasteiger partial charge in [0.25, 0.3) is 0 Å². The number of rotatable bonds is 6. The highest BCUT2D eigenvalue weighted by Crippen LogP contribution is 2.06. The van der Waals surface area contributed by atoms with E-state index in [1.54, 1.807) is 6.92 Å². The van der Waals surface area contributed by atoms with Crippen LogP contribution in [0.5, 0.6) is 0 Å². The Kier molecular flexibility index (Phi) is 5.29. The lowest BCUT2D eigenvalue weighted by atomic mass is 10.1. The highest BCUT2D eigenvalue weighted by atomic mass is 16.5. The predicted molar refractivity (Wildman–Crippen MR) is 67.6 cm³/mol. The molecule has 7 nitrogen and oxygen atoms in total. The lowest BCUT2D eigenvalue weighted by Crippen LogP contribution is -2.36. The summed E-state index contributed by atoms with van der Waals surface area (Å²) in [5.41, 5.74) is 0. The fraction of sp³-hybridized carbons (Fsp3) is 0.750. The highest BCUT2D eigenvalue weighted by Gasteiger charge is 2.14. The number of aryl methyl sites for hydroxylation is 1. The van der Waals surface area contributed by atoms with Gasteiger partial charge in [-0.05, 0) is 32.9 Å². The maximum absolute atomic E-state index is 11.6. The van der Waals surface area contributed by atoms with Gasteiger partial charge in [-0.15, -0.1) is 0 Å². The van der Waals surface area contributed by atoms with Gasteiger partial charge in [-0.2, -0.15) is 4.98 Å². The van der Waals surface area contributed by atoms with Crippen LogP contribution in [0.4, 0.5) is 0 Å². The second-order valence-corrected chi connectivity index (χ2v) is 4.60. The minimum atomic E-state index is -0.102. The van der Waals surface area contributed by atoms with E-state index in [1.165, 1.54) is 0 Å². The van der Waals surface area contributed by atoms with Crippen molar-refractivity contribution in [1.82, 2.24) is 20.8 Å². The van der Waals surface area contributed by atoms with Crippen molar-refractivity contribution in [2.75, 3.05) is 26.2 Å². The summed E-state index contributed by atoms with van der Waals surface area (Å²) < 4.78 is 10.5. The van der Waals surface area contributed by atoms with Gasteiger partial charge >= 0.3 is 0 Å². The van der Waals surface area contributed by atoms with Crippen molar-refractivity contribution in [2.45, 2.75) is 32.3 Å². The molecule has 0 aliphatic carbocycles. The molecule has 1 amide bonds. The van der Waals surface area contributed by atoms with Crippen LogP contribution < -0.4 is 10.6 Å². The summed E-state index contributed by atoms with van der Waals surface area (Å²) >= 11 is 0. The van der Waals surface area contributed by atoms with Crippen LogP contribution >= 0.6 is 0 Å². The second kappa shape index (κ2) is 7.20. The first-order chi connectivity index (χ1) is 9.24. The Balaban J connectivity index is 1.56. The van der Waals surface area contributed by atoms with Crippen molar-refractivity contribution < 1.29 is 14.1 Å². The number of carbonyl (C=O) groups is 1. The third-order valence-electron chi connectivity index (χ3n) is 2.97. The lowest BCUT2D eigenvalue weighted by Gasteiger charge is -2.22. The molecule has 19 heavy (non-hydrogen) atoms. The zero-order chi connectivity index (χ0) is 13.5. The molecule has 0 unspecified atom stereocenters. The summed E-state index contributed by atoms with van der Waals surface area (Å²) in [4.78, 5) is 15.6. The van der Waals surface area contributed by atoms with E-state index in [0.717, 1.165) is 25.9 Å². The molecule has 0 spiro atoms. The molecule has 1 fully saturated rings.